The summed E-state index contributed by atoms with van der Waals surface area (Å²) < 4.78 is 1.06. The van der Waals surface area contributed by atoms with Gasteiger partial charge in [0.05, 0.1) is 0 Å². The van der Waals surface area contributed by atoms with Crippen LogP contribution < -0.4 is 0 Å². The van der Waals surface area contributed by atoms with Gasteiger partial charge in [-0.15, -0.1) is 0 Å². The first-order valence-electron chi connectivity index (χ1n) is 4.65. The Morgan fingerprint density at radius 1 is 1.29 bits per heavy atom. The van der Waals surface area contributed by atoms with Crippen LogP contribution in [-0.2, 0) is 0 Å². The van der Waals surface area contributed by atoms with E-state index < -0.39 is 5.03 Å². The summed E-state index contributed by atoms with van der Waals surface area (Å²) >= 11 is 0. The summed E-state index contributed by atoms with van der Waals surface area (Å²) in [6, 6.07) is 10.3. The van der Waals surface area contributed by atoms with Gasteiger partial charge < -0.3 is 0 Å². The largest absolute Gasteiger partial charge is 0.234 e. The molecule has 0 aliphatic carbocycles. The average Bonchev–Trinajstić information content (AvgIpc) is 2.91. The van der Waals surface area contributed by atoms with Crippen molar-refractivity contribution in [3.05, 3.63) is 46.0 Å². The second-order valence-corrected chi connectivity index (χ2v) is 2.99. The summed E-state index contributed by atoms with van der Waals surface area (Å²) in [5.41, 5.74) is 1.44. The summed E-state index contributed by atoms with van der Waals surface area (Å²) in [6.07, 6.45) is 1.47. The number of benzene rings is 1. The molecule has 0 aromatic carbocycles. The Bertz CT molecular complexity index is 563. The molecule has 0 aliphatic heterocycles. The van der Waals surface area contributed by atoms with Gasteiger partial charge in [0.25, 0.3) is 0 Å². The molecule has 2 rings (SSSR count). The van der Waals surface area contributed by atoms with Gasteiger partial charge in [-0.25, -0.2) is 10.1 Å². The predicted octanol–water partition coefficient (Wildman–Crippen LogP) is 2.10. The van der Waals surface area contributed by atoms with Crippen molar-refractivity contribution in [2.45, 2.75) is 6.92 Å². The highest BCUT2D eigenvalue weighted by atomic mass is 16.7. The van der Waals surface area contributed by atoms with Crippen molar-refractivity contribution in [3.8, 4) is 12.1 Å². The van der Waals surface area contributed by atoms with E-state index in [4.69, 9.17) is 10.5 Å². The molecule has 0 amide bonds. The predicted molar refractivity (Wildman–Crippen MR) is 60.5 cm³/mol. The topological polar surface area (TPSA) is 95.7 Å². The van der Waals surface area contributed by atoms with Gasteiger partial charge in [-0.1, -0.05) is 10.8 Å². The van der Waals surface area contributed by atoms with E-state index in [0.717, 1.165) is 4.68 Å². The summed E-state index contributed by atoms with van der Waals surface area (Å²) in [5, 5.41) is 25.8. The molecule has 84 valence electrons. The van der Waals surface area contributed by atoms with Crippen molar-refractivity contribution in [3.63, 3.8) is 0 Å². The maximum atomic E-state index is 10.3. The lowest BCUT2D eigenvalue weighted by Gasteiger charge is -1.86. The highest BCUT2D eigenvalue weighted by Crippen LogP contribution is 2.15. The standard InChI is InChI=1S/C6H4N2O2.C5H4N2/c9-8(10)7-5-1-2-6(7)4-3-5;1-2-5(3-6)4-7/h1-4H;2H,1H3. The van der Waals surface area contributed by atoms with Crippen LogP contribution in [0.5, 0.6) is 0 Å². The molecule has 6 nitrogen and oxygen atoms in total. The van der Waals surface area contributed by atoms with Crippen LogP contribution in [0.3, 0.4) is 0 Å². The van der Waals surface area contributed by atoms with E-state index >= 15 is 0 Å². The molecule has 2 heterocycles. The Balaban J connectivity index is 0.000000185. The molecule has 17 heavy (non-hydrogen) atoms. The molecule has 0 atom stereocenters. The maximum absolute atomic E-state index is 10.3. The quantitative estimate of drug-likeness (QED) is 0.424. The van der Waals surface area contributed by atoms with Gasteiger partial charge in [-0.2, -0.15) is 10.5 Å². The Morgan fingerprint density at radius 2 is 1.71 bits per heavy atom. The van der Waals surface area contributed by atoms with Crippen LogP contribution in [0.15, 0.2) is 35.9 Å². The molecule has 0 aliphatic rings. The van der Waals surface area contributed by atoms with Crippen molar-refractivity contribution >= 4 is 11.0 Å². The third-order valence-corrected chi connectivity index (χ3v) is 2.03. The van der Waals surface area contributed by atoms with Crippen LogP contribution in [0, 0.1) is 32.8 Å². The third kappa shape index (κ3) is 2.58. The minimum Gasteiger partial charge on any atom is -0.234 e. The third-order valence-electron chi connectivity index (χ3n) is 2.03. The lowest BCUT2D eigenvalue weighted by Crippen LogP contribution is -2.04. The Labute approximate surface area is 97.1 Å². The van der Waals surface area contributed by atoms with E-state index in [2.05, 4.69) is 0 Å². The van der Waals surface area contributed by atoms with E-state index in [1.807, 2.05) is 0 Å². The van der Waals surface area contributed by atoms with Crippen LogP contribution in [0.4, 0.5) is 0 Å². The lowest BCUT2D eigenvalue weighted by molar-refractivity contribution is -0.533. The van der Waals surface area contributed by atoms with Crippen LogP contribution in [0.25, 0.3) is 11.0 Å². The first-order valence-corrected chi connectivity index (χ1v) is 4.65. The summed E-state index contributed by atoms with van der Waals surface area (Å²) in [7, 11) is 0. The molecule has 0 saturated heterocycles. The Kier molecular flexibility index (Phi) is 3.80. The molecule has 2 aromatic heterocycles. The van der Waals surface area contributed by atoms with Gasteiger partial charge in [-0.05, 0) is 31.2 Å². The number of nitro groups is 1. The van der Waals surface area contributed by atoms with E-state index in [9.17, 15) is 10.1 Å². The Morgan fingerprint density at radius 3 is 1.82 bits per heavy atom. The molecule has 0 saturated carbocycles. The van der Waals surface area contributed by atoms with Gasteiger partial charge in [0.2, 0.25) is 0 Å². The minimum atomic E-state index is -0.426. The van der Waals surface area contributed by atoms with E-state index in [-0.39, 0.29) is 5.57 Å². The van der Waals surface area contributed by atoms with Crippen molar-refractivity contribution in [1.29, 1.82) is 10.5 Å². The zero-order valence-electron chi connectivity index (χ0n) is 8.99. The summed E-state index contributed by atoms with van der Waals surface area (Å²) in [4.78, 5) is 10.3. The molecular weight excluding hydrogens is 220 g/mol. The molecule has 2 aromatic rings. The van der Waals surface area contributed by atoms with E-state index in [0.29, 0.717) is 11.0 Å². The zero-order chi connectivity index (χ0) is 12.8. The smallest absolute Gasteiger partial charge is 0.170 e. The molecule has 0 N–H and O–H groups in total. The highest BCUT2D eigenvalue weighted by Gasteiger charge is 2.10. The van der Waals surface area contributed by atoms with Crippen molar-refractivity contribution < 1.29 is 5.03 Å². The van der Waals surface area contributed by atoms with Crippen LogP contribution in [-0.4, -0.2) is 9.71 Å². The fourth-order valence-corrected chi connectivity index (χ4v) is 1.23. The number of hydrogen-bond donors (Lipinski definition) is 0. The molecular formula is C11H8N4O2. The summed E-state index contributed by atoms with van der Waals surface area (Å²) in [6.45, 7) is 1.65. The van der Waals surface area contributed by atoms with Crippen molar-refractivity contribution in [2.75, 3.05) is 0 Å². The maximum Gasteiger partial charge on any atom is 0.170 e. The number of hydrogen-bond acceptors (Lipinski definition) is 4. The first-order chi connectivity index (χ1) is 8.13. The average molecular weight is 228 g/mol. The van der Waals surface area contributed by atoms with Gasteiger partial charge in [0, 0.05) is 0 Å². The van der Waals surface area contributed by atoms with Gasteiger partial charge >= 0.3 is 0 Å². The van der Waals surface area contributed by atoms with Gasteiger partial charge in [0.15, 0.2) is 5.03 Å². The van der Waals surface area contributed by atoms with Crippen LogP contribution >= 0.6 is 0 Å². The molecule has 6 heteroatoms. The molecule has 0 unspecified atom stereocenters. The van der Waals surface area contributed by atoms with Crippen molar-refractivity contribution in [1.82, 2.24) is 4.68 Å². The van der Waals surface area contributed by atoms with Crippen LogP contribution in [0.1, 0.15) is 6.92 Å². The highest BCUT2D eigenvalue weighted by molar-refractivity contribution is 5.66. The van der Waals surface area contributed by atoms with Crippen LogP contribution in [0.2, 0.25) is 0 Å². The number of fused-ring (bicyclic) bond motifs is 2. The van der Waals surface area contributed by atoms with Gasteiger partial charge in [-0.3, -0.25) is 0 Å². The fourth-order valence-electron chi connectivity index (χ4n) is 1.23. The molecule has 2 bridgehead atoms. The first kappa shape index (κ1) is 12.2. The van der Waals surface area contributed by atoms with E-state index in [1.165, 1.54) is 6.08 Å². The monoisotopic (exact) mass is 228 g/mol. The lowest BCUT2D eigenvalue weighted by atomic mass is 10.3. The minimum absolute atomic E-state index is 0.167. The number of rotatable bonds is 1. The Hall–Kier alpha value is -2.86. The van der Waals surface area contributed by atoms with E-state index in [1.54, 1.807) is 43.3 Å². The molecule has 0 fully saturated rings. The summed E-state index contributed by atoms with van der Waals surface area (Å²) in [5.74, 6) is 0. The molecule has 0 spiro atoms. The van der Waals surface area contributed by atoms with Gasteiger partial charge in [0.1, 0.15) is 28.7 Å². The SMILES string of the molecule is CC=C(C#N)C#N.O=[N+]([O-])n1c2ccc1cc2. The fraction of sp³-hybridized carbons (Fsp3) is 0.0909. The number of aromatic nitrogens is 1. The number of nitriles is 2. The molecule has 0 radical (unpaired) electrons. The number of allylic oxidation sites excluding steroid dienone is 2. The second kappa shape index (κ2) is 5.29. The zero-order valence-corrected chi connectivity index (χ0v) is 8.99. The van der Waals surface area contributed by atoms with Crippen molar-refractivity contribution in [2.24, 2.45) is 0 Å². The normalized spacial score (nSPS) is 8.65. The second-order valence-electron chi connectivity index (χ2n) is 2.99. The number of nitrogens with zero attached hydrogens (tertiary/aromatic N) is 4.